The number of Topliss-reactive ketones (excluding diaryl/α,β-unsaturated/α-hetero) is 1. The lowest BCUT2D eigenvalue weighted by Crippen LogP contribution is -2.32. The molecular formula is C26H29NO8. The maximum absolute atomic E-state index is 13.2. The molecule has 0 spiro atoms. The van der Waals surface area contributed by atoms with E-state index in [1.54, 1.807) is 36.4 Å². The Hall–Kier alpha value is -3.72. The molecule has 35 heavy (non-hydrogen) atoms. The number of likely N-dealkylation sites (tertiary alicyclic amines) is 1. The average Bonchev–Trinajstić information content (AvgIpc) is 3.13. The number of ketones is 1. The lowest BCUT2D eigenvalue weighted by molar-refractivity contribution is -0.140. The standard InChI is InChI=1S/C26H29NO8/c1-4-32-18-8-6-16(14-20(18)33-5-2)23-22(25(29)26(30)27(23)10-11-31-3)24(28)17-7-9-19-21(15-17)35-13-12-34-19/h6-9,14-15,23,28H,4-5,10-13H2,1-3H3/b24-22-. The van der Waals surface area contributed by atoms with Crippen LogP contribution in [0.1, 0.15) is 31.0 Å². The number of nitrogens with zero attached hydrogens (tertiary/aromatic N) is 1. The molecule has 2 aliphatic heterocycles. The number of rotatable bonds is 9. The van der Waals surface area contributed by atoms with Crippen LogP contribution in [0.2, 0.25) is 0 Å². The molecule has 0 aliphatic carbocycles. The Morgan fingerprint density at radius 2 is 1.71 bits per heavy atom. The van der Waals surface area contributed by atoms with E-state index in [1.165, 1.54) is 12.0 Å². The minimum absolute atomic E-state index is 0.0191. The Morgan fingerprint density at radius 1 is 1.00 bits per heavy atom. The second-order valence-corrected chi connectivity index (χ2v) is 7.92. The smallest absolute Gasteiger partial charge is 0.295 e. The van der Waals surface area contributed by atoms with Crippen molar-refractivity contribution in [2.45, 2.75) is 19.9 Å². The van der Waals surface area contributed by atoms with Crippen molar-refractivity contribution < 1.29 is 38.4 Å². The number of aliphatic hydroxyl groups is 1. The summed E-state index contributed by atoms with van der Waals surface area (Å²) < 4.78 is 27.8. The summed E-state index contributed by atoms with van der Waals surface area (Å²) in [5.41, 5.74) is 0.931. The molecule has 9 nitrogen and oxygen atoms in total. The quantitative estimate of drug-likeness (QED) is 0.329. The van der Waals surface area contributed by atoms with Crippen LogP contribution in [0.15, 0.2) is 42.0 Å². The second-order valence-electron chi connectivity index (χ2n) is 7.92. The van der Waals surface area contributed by atoms with Crippen molar-refractivity contribution in [3.8, 4) is 23.0 Å². The topological polar surface area (TPSA) is 104 Å². The normalized spacial score (nSPS) is 18.6. The number of fused-ring (bicyclic) bond motifs is 1. The number of carbonyl (C=O) groups excluding carboxylic acids is 2. The molecule has 0 saturated carbocycles. The fourth-order valence-electron chi connectivity index (χ4n) is 4.23. The summed E-state index contributed by atoms with van der Waals surface area (Å²) in [7, 11) is 1.52. The highest BCUT2D eigenvalue weighted by atomic mass is 16.6. The number of hydrogen-bond donors (Lipinski definition) is 1. The molecule has 1 amide bonds. The van der Waals surface area contributed by atoms with Crippen LogP contribution in [0, 0.1) is 0 Å². The van der Waals surface area contributed by atoms with E-state index >= 15 is 0 Å². The minimum Gasteiger partial charge on any atom is -0.507 e. The van der Waals surface area contributed by atoms with E-state index in [1.807, 2.05) is 13.8 Å². The molecule has 2 aromatic carbocycles. The average molecular weight is 484 g/mol. The van der Waals surface area contributed by atoms with E-state index in [0.717, 1.165) is 0 Å². The summed E-state index contributed by atoms with van der Waals surface area (Å²) in [5.74, 6) is 0.283. The van der Waals surface area contributed by atoms with Gasteiger partial charge in [-0.05, 0) is 49.7 Å². The summed E-state index contributed by atoms with van der Waals surface area (Å²) in [6.07, 6.45) is 0. The number of methoxy groups -OCH3 is 1. The van der Waals surface area contributed by atoms with Gasteiger partial charge in [0.1, 0.15) is 19.0 Å². The SMILES string of the molecule is CCOc1ccc(C2/C(=C(/O)c3ccc4c(c3)OCCO4)C(=O)C(=O)N2CCOC)cc1OCC. The predicted molar refractivity (Wildman–Crippen MR) is 127 cm³/mol. The number of aliphatic hydroxyl groups excluding tert-OH is 1. The summed E-state index contributed by atoms with van der Waals surface area (Å²) in [6, 6.07) is 9.31. The van der Waals surface area contributed by atoms with Crippen LogP contribution in [-0.2, 0) is 14.3 Å². The summed E-state index contributed by atoms with van der Waals surface area (Å²) in [5, 5.41) is 11.3. The maximum Gasteiger partial charge on any atom is 0.295 e. The number of ether oxygens (including phenoxy) is 5. The Bertz CT molecular complexity index is 1140. The van der Waals surface area contributed by atoms with Gasteiger partial charge in [0.2, 0.25) is 0 Å². The second kappa shape index (κ2) is 10.7. The highest BCUT2D eigenvalue weighted by Gasteiger charge is 2.46. The van der Waals surface area contributed by atoms with Gasteiger partial charge in [-0.3, -0.25) is 9.59 Å². The molecule has 0 radical (unpaired) electrons. The molecule has 186 valence electrons. The van der Waals surface area contributed by atoms with Crippen LogP contribution in [0.25, 0.3) is 5.76 Å². The van der Waals surface area contributed by atoms with E-state index < -0.39 is 17.7 Å². The molecule has 2 aromatic rings. The lowest BCUT2D eigenvalue weighted by Gasteiger charge is -2.26. The van der Waals surface area contributed by atoms with Crippen molar-refractivity contribution in [3.63, 3.8) is 0 Å². The lowest BCUT2D eigenvalue weighted by atomic mass is 9.94. The number of benzene rings is 2. The monoisotopic (exact) mass is 483 g/mol. The van der Waals surface area contributed by atoms with Crippen LogP contribution in [0.5, 0.6) is 23.0 Å². The fraction of sp³-hybridized carbons (Fsp3) is 0.385. The largest absolute Gasteiger partial charge is 0.507 e. The Kier molecular flexibility index (Phi) is 7.45. The van der Waals surface area contributed by atoms with Crippen molar-refractivity contribution >= 4 is 17.4 Å². The molecule has 1 fully saturated rings. The highest BCUT2D eigenvalue weighted by Crippen LogP contribution is 2.43. The first kappa shape index (κ1) is 24.4. The van der Waals surface area contributed by atoms with Gasteiger partial charge < -0.3 is 33.7 Å². The molecule has 2 heterocycles. The molecule has 9 heteroatoms. The van der Waals surface area contributed by atoms with Crippen molar-refractivity contribution in [1.82, 2.24) is 4.90 Å². The van der Waals surface area contributed by atoms with Crippen LogP contribution in [0.3, 0.4) is 0 Å². The van der Waals surface area contributed by atoms with Crippen molar-refractivity contribution in [1.29, 1.82) is 0 Å². The van der Waals surface area contributed by atoms with E-state index in [2.05, 4.69) is 0 Å². The first-order valence-electron chi connectivity index (χ1n) is 11.6. The number of hydrogen-bond acceptors (Lipinski definition) is 8. The molecule has 1 N–H and O–H groups in total. The van der Waals surface area contributed by atoms with Crippen LogP contribution in [-0.4, -0.2) is 68.4 Å². The fourth-order valence-corrected chi connectivity index (χ4v) is 4.23. The minimum atomic E-state index is -0.840. The summed E-state index contributed by atoms with van der Waals surface area (Å²) in [4.78, 5) is 27.6. The van der Waals surface area contributed by atoms with E-state index in [9.17, 15) is 14.7 Å². The third kappa shape index (κ3) is 4.77. The Morgan fingerprint density at radius 3 is 2.43 bits per heavy atom. The van der Waals surface area contributed by atoms with Crippen molar-refractivity contribution in [3.05, 3.63) is 53.1 Å². The number of carbonyl (C=O) groups is 2. The van der Waals surface area contributed by atoms with Gasteiger partial charge in [-0.25, -0.2) is 0 Å². The van der Waals surface area contributed by atoms with E-state index in [-0.39, 0.29) is 24.5 Å². The van der Waals surface area contributed by atoms with Crippen molar-refractivity contribution in [2.24, 2.45) is 0 Å². The molecule has 4 rings (SSSR count). The zero-order valence-corrected chi connectivity index (χ0v) is 20.0. The van der Waals surface area contributed by atoms with Gasteiger partial charge in [0.25, 0.3) is 11.7 Å². The Labute approximate surface area is 203 Å². The zero-order valence-electron chi connectivity index (χ0n) is 20.0. The molecule has 0 aromatic heterocycles. The van der Waals surface area contributed by atoms with Crippen LogP contribution >= 0.6 is 0 Å². The van der Waals surface area contributed by atoms with Crippen LogP contribution in [0.4, 0.5) is 0 Å². The van der Waals surface area contributed by atoms with Gasteiger partial charge in [-0.15, -0.1) is 0 Å². The summed E-state index contributed by atoms with van der Waals surface area (Å²) in [6.45, 7) is 5.80. The van der Waals surface area contributed by atoms with Gasteiger partial charge in [0.15, 0.2) is 23.0 Å². The first-order chi connectivity index (χ1) is 17.0. The van der Waals surface area contributed by atoms with Crippen molar-refractivity contribution in [2.75, 3.05) is 46.7 Å². The Balaban J connectivity index is 1.84. The highest BCUT2D eigenvalue weighted by molar-refractivity contribution is 6.46. The third-order valence-electron chi connectivity index (χ3n) is 5.78. The molecule has 2 aliphatic rings. The van der Waals surface area contributed by atoms with Gasteiger partial charge >= 0.3 is 0 Å². The van der Waals surface area contributed by atoms with Gasteiger partial charge in [-0.2, -0.15) is 0 Å². The van der Waals surface area contributed by atoms with Crippen LogP contribution < -0.4 is 18.9 Å². The third-order valence-corrected chi connectivity index (χ3v) is 5.78. The van der Waals surface area contributed by atoms with Gasteiger partial charge in [-0.1, -0.05) is 6.07 Å². The number of amides is 1. The zero-order chi connectivity index (χ0) is 24.9. The molecular weight excluding hydrogens is 454 g/mol. The van der Waals surface area contributed by atoms with Gasteiger partial charge in [0.05, 0.1) is 31.4 Å². The summed E-state index contributed by atoms with van der Waals surface area (Å²) >= 11 is 0. The molecule has 0 bridgehead atoms. The van der Waals surface area contributed by atoms with Gasteiger partial charge in [0, 0.05) is 19.2 Å². The molecule has 1 atom stereocenters. The maximum atomic E-state index is 13.2. The molecule has 1 saturated heterocycles. The first-order valence-corrected chi connectivity index (χ1v) is 11.6. The predicted octanol–water partition coefficient (Wildman–Crippen LogP) is 3.32. The van der Waals surface area contributed by atoms with E-state index in [0.29, 0.717) is 60.6 Å². The molecule has 1 unspecified atom stereocenters. The van der Waals surface area contributed by atoms with E-state index in [4.69, 9.17) is 23.7 Å².